The molecule has 40 valence electrons. The van der Waals surface area contributed by atoms with Gasteiger partial charge in [0, 0.05) is 37.7 Å². The maximum Gasteiger partial charge on any atom is 0 e. The molecule has 6 heavy (non-hydrogen) atoms. The minimum Gasteiger partial charge on any atom is -0.138 e. The third-order valence-corrected chi connectivity index (χ3v) is 0.966. The van der Waals surface area contributed by atoms with Crippen molar-refractivity contribution >= 4 is 9.24 Å². The van der Waals surface area contributed by atoms with E-state index >= 15 is 0 Å². The van der Waals surface area contributed by atoms with Crippen molar-refractivity contribution in [3.8, 4) is 0 Å². The minimum atomic E-state index is 0. The Morgan fingerprint density at radius 2 is 2.00 bits per heavy atom. The number of hydrogen-bond donors (Lipinski definition) is 0. The zero-order valence-electron chi connectivity index (χ0n) is 4.05. The first kappa shape index (κ1) is 10.6. The summed E-state index contributed by atoms with van der Waals surface area (Å²) in [5.41, 5.74) is 0. The van der Waals surface area contributed by atoms with Crippen LogP contribution in [0.25, 0.3) is 0 Å². The molecule has 0 aromatic carbocycles. The first-order valence-corrected chi connectivity index (χ1v) is 2.93. The molecule has 0 spiro atoms. The van der Waals surface area contributed by atoms with Gasteiger partial charge in [-0.1, -0.05) is 19.8 Å². The van der Waals surface area contributed by atoms with Gasteiger partial charge >= 0.3 is 0 Å². The molecule has 1 unspecified atom stereocenters. The van der Waals surface area contributed by atoms with Crippen LogP contribution in [0, 0.1) is 37.7 Å². The fraction of sp³-hybridized carbons (Fsp3) is 1.00. The topological polar surface area (TPSA) is 0 Å². The van der Waals surface area contributed by atoms with Crippen molar-refractivity contribution in [2.24, 2.45) is 0 Å². The van der Waals surface area contributed by atoms with Crippen LogP contribution >= 0.6 is 9.24 Å². The predicted octanol–water partition coefficient (Wildman–Crippen LogP) is 1.66. The van der Waals surface area contributed by atoms with Gasteiger partial charge in [0.15, 0.2) is 0 Å². The number of unbranched alkanes of at least 4 members (excludes halogenated alkanes) is 1. The summed E-state index contributed by atoms with van der Waals surface area (Å²) in [6.45, 7) is 2.20. The Balaban J connectivity index is 0. The summed E-state index contributed by atoms with van der Waals surface area (Å²) in [5.74, 6) is 0. The van der Waals surface area contributed by atoms with Crippen LogP contribution in [-0.2, 0) is 0 Å². The van der Waals surface area contributed by atoms with Crippen molar-refractivity contribution in [1.82, 2.24) is 0 Å². The monoisotopic (exact) mass is 130 g/mol. The summed E-state index contributed by atoms with van der Waals surface area (Å²) in [7, 11) is 2.70. The van der Waals surface area contributed by atoms with Gasteiger partial charge in [-0.3, -0.25) is 0 Å². The van der Waals surface area contributed by atoms with Crippen LogP contribution < -0.4 is 0 Å². The SMILES string of the molecule is CCCCP.[Ar]. The molecule has 0 rings (SSSR count). The van der Waals surface area contributed by atoms with Crippen molar-refractivity contribution in [3.63, 3.8) is 0 Å². The predicted molar refractivity (Wildman–Crippen MR) is 29.5 cm³/mol. The molecule has 0 amide bonds. The van der Waals surface area contributed by atoms with Gasteiger partial charge in [-0.2, -0.15) is 0 Å². The van der Waals surface area contributed by atoms with Gasteiger partial charge < -0.3 is 0 Å². The third-order valence-electron chi connectivity index (χ3n) is 0.558. The van der Waals surface area contributed by atoms with Crippen molar-refractivity contribution in [2.45, 2.75) is 19.8 Å². The zero-order chi connectivity index (χ0) is 4.12. The molecule has 0 aliphatic heterocycles. The van der Waals surface area contributed by atoms with Crippen molar-refractivity contribution in [1.29, 1.82) is 0 Å². The molecule has 0 heterocycles. The average molecular weight is 130 g/mol. The van der Waals surface area contributed by atoms with E-state index in [9.17, 15) is 0 Å². The molecule has 0 radical (unpaired) electrons. The largest absolute Gasteiger partial charge is 0.138 e. The van der Waals surface area contributed by atoms with Gasteiger partial charge in [0.2, 0.25) is 0 Å². The third kappa shape index (κ3) is 9.19. The molecule has 2 heteroatoms. The van der Waals surface area contributed by atoms with Crippen LogP contribution in [-0.4, -0.2) is 6.16 Å². The summed E-state index contributed by atoms with van der Waals surface area (Å²) in [4.78, 5) is 0. The van der Waals surface area contributed by atoms with Crippen molar-refractivity contribution < 1.29 is 37.7 Å². The number of hydrogen-bond acceptors (Lipinski definition) is 0. The summed E-state index contributed by atoms with van der Waals surface area (Å²) in [6.07, 6.45) is 3.94. The Bertz CT molecular complexity index is 15.0. The molecule has 0 saturated carbocycles. The van der Waals surface area contributed by atoms with Crippen LogP contribution in [0.3, 0.4) is 0 Å². The van der Waals surface area contributed by atoms with Gasteiger partial charge in [0.05, 0.1) is 0 Å². The van der Waals surface area contributed by atoms with Gasteiger partial charge in [-0.05, 0) is 6.16 Å². The summed E-state index contributed by atoms with van der Waals surface area (Å²) >= 11 is 0. The van der Waals surface area contributed by atoms with Gasteiger partial charge in [0.25, 0.3) is 0 Å². The zero-order valence-corrected chi connectivity index (χ0v) is 5.91. The van der Waals surface area contributed by atoms with Crippen LogP contribution in [0.2, 0.25) is 0 Å². The summed E-state index contributed by atoms with van der Waals surface area (Å²) in [5, 5.41) is 0. The molecule has 0 aromatic heterocycles. The van der Waals surface area contributed by atoms with Gasteiger partial charge in [-0.25, -0.2) is 0 Å². The second-order valence-electron chi connectivity index (χ2n) is 1.14. The Labute approximate surface area is 72.3 Å². The minimum absolute atomic E-state index is 0. The summed E-state index contributed by atoms with van der Waals surface area (Å²) < 4.78 is 0. The molecule has 0 bridgehead atoms. The molecule has 0 fully saturated rings. The van der Waals surface area contributed by atoms with E-state index in [0.29, 0.717) is 0 Å². The molecule has 0 nitrogen and oxygen atoms in total. The Hall–Kier alpha value is 1.69. The van der Waals surface area contributed by atoms with E-state index in [1.165, 1.54) is 19.0 Å². The van der Waals surface area contributed by atoms with E-state index < -0.39 is 0 Å². The van der Waals surface area contributed by atoms with Crippen molar-refractivity contribution in [2.75, 3.05) is 6.16 Å². The van der Waals surface area contributed by atoms with E-state index in [-0.39, 0.29) is 37.7 Å². The second-order valence-corrected chi connectivity index (χ2v) is 1.72. The molecule has 0 N–H and O–H groups in total. The number of rotatable bonds is 2. The maximum atomic E-state index is 2.70. The Morgan fingerprint density at radius 3 is 2.00 bits per heavy atom. The van der Waals surface area contributed by atoms with E-state index in [2.05, 4.69) is 16.2 Å². The fourth-order valence-corrected chi connectivity index (χ4v) is 0.612. The molecule has 0 aliphatic carbocycles. The van der Waals surface area contributed by atoms with E-state index in [1.807, 2.05) is 0 Å². The Morgan fingerprint density at radius 1 is 1.50 bits per heavy atom. The molecule has 1 atom stereocenters. The fourth-order valence-electron chi connectivity index (χ4n) is 0.204. The molecular weight excluding hydrogens is 119 g/mol. The molecular formula is C4H11ArP. The van der Waals surface area contributed by atoms with Crippen LogP contribution in [0.1, 0.15) is 19.8 Å². The van der Waals surface area contributed by atoms with E-state index in [4.69, 9.17) is 0 Å². The average Bonchev–Trinajstić information content (AvgIpc) is 1.41. The first-order valence-electron chi connectivity index (χ1n) is 2.12. The second kappa shape index (κ2) is 9.85. The van der Waals surface area contributed by atoms with Gasteiger partial charge in [-0.15, -0.1) is 9.24 Å². The van der Waals surface area contributed by atoms with Crippen LogP contribution in [0.15, 0.2) is 0 Å². The normalized spacial score (nSPS) is 7.00. The van der Waals surface area contributed by atoms with Crippen LogP contribution in [0.5, 0.6) is 0 Å². The standard InChI is InChI=1S/C4H11P.Ar/c1-2-3-4-5;/h2-5H2,1H3;. The van der Waals surface area contributed by atoms with E-state index in [0.717, 1.165) is 0 Å². The van der Waals surface area contributed by atoms with E-state index in [1.54, 1.807) is 0 Å². The molecule has 0 aromatic rings. The van der Waals surface area contributed by atoms with Crippen molar-refractivity contribution in [3.05, 3.63) is 0 Å². The molecule has 0 aliphatic rings. The first-order chi connectivity index (χ1) is 2.41. The van der Waals surface area contributed by atoms with Gasteiger partial charge in [0.1, 0.15) is 0 Å². The summed E-state index contributed by atoms with van der Waals surface area (Å²) in [6, 6.07) is 0. The van der Waals surface area contributed by atoms with Crippen LogP contribution in [0.4, 0.5) is 0 Å². The quantitative estimate of drug-likeness (QED) is 0.498. The Kier molecular flexibility index (Phi) is 17.4. The maximum absolute atomic E-state index is 2.70. The smallest absolute Gasteiger partial charge is 0 e. The molecule has 0 saturated heterocycles.